The summed E-state index contributed by atoms with van der Waals surface area (Å²) < 4.78 is 26.9. The Morgan fingerprint density at radius 2 is 1.45 bits per heavy atom. The minimum Gasteiger partial charge on any atom is -0.328 e. The smallest absolute Gasteiger partial charge is 0.123 e. The Morgan fingerprint density at radius 3 is 1.85 bits per heavy atom. The molecular weight excluding hydrogens is 256 g/mol. The van der Waals surface area contributed by atoms with Gasteiger partial charge in [0, 0.05) is 12.0 Å². The molecule has 0 saturated heterocycles. The molecule has 1 nitrogen and oxygen atoms in total. The number of benzene rings is 2. The van der Waals surface area contributed by atoms with E-state index in [1.807, 2.05) is 19.1 Å². The average molecular weight is 275 g/mol. The van der Waals surface area contributed by atoms with Crippen molar-refractivity contribution in [2.75, 3.05) is 0 Å². The van der Waals surface area contributed by atoms with E-state index in [0.717, 1.165) is 17.5 Å². The molecule has 0 fully saturated rings. The lowest BCUT2D eigenvalue weighted by Gasteiger charge is -2.21. The monoisotopic (exact) mass is 275 g/mol. The maximum Gasteiger partial charge on any atom is 0.123 e. The highest BCUT2D eigenvalue weighted by Gasteiger charge is 2.18. The second-order valence-electron chi connectivity index (χ2n) is 5.07. The van der Waals surface area contributed by atoms with Gasteiger partial charge in [-0.25, -0.2) is 8.78 Å². The van der Waals surface area contributed by atoms with Crippen molar-refractivity contribution in [1.29, 1.82) is 0 Å². The number of nitrogens with two attached hydrogens (primary N) is 1. The van der Waals surface area contributed by atoms with Gasteiger partial charge in [-0.15, -0.1) is 0 Å². The highest BCUT2D eigenvalue weighted by Crippen LogP contribution is 2.30. The lowest BCUT2D eigenvalue weighted by Crippen LogP contribution is -2.22. The third kappa shape index (κ3) is 3.64. The average Bonchev–Trinajstić information content (AvgIpc) is 2.44. The summed E-state index contributed by atoms with van der Waals surface area (Å²) in [6.07, 6.45) is 1.50. The predicted molar refractivity (Wildman–Crippen MR) is 77.5 cm³/mol. The summed E-state index contributed by atoms with van der Waals surface area (Å²) >= 11 is 0. The van der Waals surface area contributed by atoms with Crippen LogP contribution >= 0.6 is 0 Å². The van der Waals surface area contributed by atoms with Crippen molar-refractivity contribution in [1.82, 2.24) is 0 Å². The minimum atomic E-state index is -0.283. The SMILES string of the molecule is CC[C@H](N)CC(c1cccc(F)c1)c1cccc(F)c1. The highest BCUT2D eigenvalue weighted by molar-refractivity contribution is 5.33. The molecule has 0 aliphatic rings. The summed E-state index contributed by atoms with van der Waals surface area (Å²) in [6, 6.07) is 12.9. The zero-order chi connectivity index (χ0) is 14.5. The van der Waals surface area contributed by atoms with Crippen LogP contribution in [0.3, 0.4) is 0 Å². The molecule has 2 N–H and O–H groups in total. The zero-order valence-corrected chi connectivity index (χ0v) is 11.5. The summed E-state index contributed by atoms with van der Waals surface area (Å²) in [5.74, 6) is -0.653. The third-order valence-corrected chi connectivity index (χ3v) is 3.56. The first-order chi connectivity index (χ1) is 9.60. The molecule has 0 aliphatic heterocycles. The van der Waals surface area contributed by atoms with Gasteiger partial charge < -0.3 is 5.73 Å². The first kappa shape index (κ1) is 14.7. The van der Waals surface area contributed by atoms with Gasteiger partial charge in [0.25, 0.3) is 0 Å². The van der Waals surface area contributed by atoms with Crippen LogP contribution in [0.25, 0.3) is 0 Å². The molecule has 1 atom stereocenters. The number of rotatable bonds is 5. The first-order valence-electron chi connectivity index (χ1n) is 6.86. The summed E-state index contributed by atoms with van der Waals surface area (Å²) in [6.45, 7) is 2.01. The van der Waals surface area contributed by atoms with Gasteiger partial charge in [-0.05, 0) is 48.2 Å². The molecule has 0 unspecified atom stereocenters. The Hall–Kier alpha value is -1.74. The fraction of sp³-hybridized carbons (Fsp3) is 0.294. The van der Waals surface area contributed by atoms with Crippen LogP contribution in [0.2, 0.25) is 0 Å². The predicted octanol–water partition coefficient (Wildman–Crippen LogP) is 4.22. The van der Waals surface area contributed by atoms with Crippen LogP contribution in [0.5, 0.6) is 0 Å². The van der Waals surface area contributed by atoms with Crippen molar-refractivity contribution in [3.8, 4) is 0 Å². The van der Waals surface area contributed by atoms with Gasteiger partial charge in [0.1, 0.15) is 11.6 Å². The summed E-state index contributed by atoms with van der Waals surface area (Å²) in [7, 11) is 0. The van der Waals surface area contributed by atoms with Crippen LogP contribution in [0.4, 0.5) is 8.78 Å². The highest BCUT2D eigenvalue weighted by atomic mass is 19.1. The van der Waals surface area contributed by atoms with Crippen molar-refractivity contribution < 1.29 is 8.78 Å². The van der Waals surface area contributed by atoms with Crippen molar-refractivity contribution in [3.05, 3.63) is 71.3 Å². The van der Waals surface area contributed by atoms with Gasteiger partial charge in [0.05, 0.1) is 0 Å². The van der Waals surface area contributed by atoms with E-state index >= 15 is 0 Å². The third-order valence-electron chi connectivity index (χ3n) is 3.56. The Bertz CT molecular complexity index is 523. The van der Waals surface area contributed by atoms with Crippen molar-refractivity contribution in [2.24, 2.45) is 5.73 Å². The van der Waals surface area contributed by atoms with Crippen molar-refractivity contribution in [2.45, 2.75) is 31.7 Å². The van der Waals surface area contributed by atoms with Crippen molar-refractivity contribution >= 4 is 0 Å². The topological polar surface area (TPSA) is 26.0 Å². The largest absolute Gasteiger partial charge is 0.328 e. The second kappa shape index (κ2) is 6.62. The molecule has 2 aromatic carbocycles. The molecule has 2 aromatic rings. The second-order valence-corrected chi connectivity index (χ2v) is 5.07. The zero-order valence-electron chi connectivity index (χ0n) is 11.5. The van der Waals surface area contributed by atoms with Gasteiger partial charge >= 0.3 is 0 Å². The molecule has 0 spiro atoms. The first-order valence-corrected chi connectivity index (χ1v) is 6.86. The molecule has 0 radical (unpaired) electrons. The minimum absolute atomic E-state index is 0.00605. The van der Waals surface area contributed by atoms with Crippen LogP contribution in [-0.4, -0.2) is 6.04 Å². The van der Waals surface area contributed by atoms with E-state index in [4.69, 9.17) is 5.73 Å². The van der Waals surface area contributed by atoms with Crippen LogP contribution in [0, 0.1) is 11.6 Å². The molecule has 106 valence electrons. The van der Waals surface area contributed by atoms with Crippen molar-refractivity contribution in [3.63, 3.8) is 0 Å². The number of hydrogen-bond acceptors (Lipinski definition) is 1. The van der Waals surface area contributed by atoms with E-state index in [2.05, 4.69) is 0 Å². The van der Waals surface area contributed by atoms with E-state index in [0.29, 0.717) is 6.42 Å². The van der Waals surface area contributed by atoms with E-state index in [9.17, 15) is 8.78 Å². The molecule has 2 rings (SSSR count). The molecule has 3 heteroatoms. The molecule has 20 heavy (non-hydrogen) atoms. The fourth-order valence-electron chi connectivity index (χ4n) is 2.38. The number of hydrogen-bond donors (Lipinski definition) is 1. The molecular formula is C17H19F2N. The normalized spacial score (nSPS) is 12.7. The molecule has 0 amide bonds. The maximum atomic E-state index is 13.4. The van der Waals surface area contributed by atoms with Crippen LogP contribution < -0.4 is 5.73 Å². The maximum absolute atomic E-state index is 13.4. The van der Waals surface area contributed by atoms with Gasteiger partial charge in [0.15, 0.2) is 0 Å². The fourth-order valence-corrected chi connectivity index (χ4v) is 2.38. The van der Waals surface area contributed by atoms with Crippen LogP contribution in [-0.2, 0) is 0 Å². The molecule has 0 aliphatic carbocycles. The molecule has 0 aromatic heterocycles. The van der Waals surface area contributed by atoms with Gasteiger partial charge in [-0.2, -0.15) is 0 Å². The van der Waals surface area contributed by atoms with Crippen LogP contribution in [0.15, 0.2) is 48.5 Å². The summed E-state index contributed by atoms with van der Waals surface area (Å²) in [5, 5.41) is 0. The number of halogens is 2. The molecule has 0 heterocycles. The summed E-state index contributed by atoms with van der Waals surface area (Å²) in [5.41, 5.74) is 7.70. The molecule has 0 saturated carbocycles. The standard InChI is InChI=1S/C17H19F2N/c1-2-16(20)11-17(12-5-3-7-14(18)9-12)13-6-4-8-15(19)10-13/h3-10,16-17H,2,11,20H2,1H3/t16-/m0/s1. The van der Waals surface area contributed by atoms with Gasteiger partial charge in [-0.1, -0.05) is 31.2 Å². The summed E-state index contributed by atoms with van der Waals surface area (Å²) in [4.78, 5) is 0. The van der Waals surface area contributed by atoms with Gasteiger partial charge in [0.2, 0.25) is 0 Å². The lowest BCUT2D eigenvalue weighted by atomic mass is 9.85. The van der Waals surface area contributed by atoms with Gasteiger partial charge in [-0.3, -0.25) is 0 Å². The lowest BCUT2D eigenvalue weighted by molar-refractivity contribution is 0.548. The Kier molecular flexibility index (Phi) is 4.85. The van der Waals surface area contributed by atoms with E-state index in [-0.39, 0.29) is 23.6 Å². The van der Waals surface area contributed by atoms with Crippen LogP contribution in [0.1, 0.15) is 36.8 Å². The Morgan fingerprint density at radius 1 is 0.950 bits per heavy atom. The molecule has 0 bridgehead atoms. The van der Waals surface area contributed by atoms with E-state index in [1.165, 1.54) is 24.3 Å². The Balaban J connectivity index is 2.39. The quantitative estimate of drug-likeness (QED) is 0.868. The van der Waals surface area contributed by atoms with E-state index in [1.54, 1.807) is 12.1 Å². The Labute approximate surface area is 118 Å². The van der Waals surface area contributed by atoms with E-state index < -0.39 is 0 Å².